The number of pyridine rings is 1. The second kappa shape index (κ2) is 8.73. The van der Waals surface area contributed by atoms with Gasteiger partial charge in [0.25, 0.3) is 0 Å². The number of ether oxygens (including phenoxy) is 2. The molecule has 0 unspecified atom stereocenters. The highest BCUT2D eigenvalue weighted by Gasteiger charge is 2.27. The van der Waals surface area contributed by atoms with Crippen molar-refractivity contribution >= 4 is 17.0 Å². The van der Waals surface area contributed by atoms with Gasteiger partial charge >= 0.3 is 6.09 Å². The van der Waals surface area contributed by atoms with Crippen molar-refractivity contribution in [2.45, 2.75) is 45.9 Å². The minimum absolute atomic E-state index is 0.293. The summed E-state index contributed by atoms with van der Waals surface area (Å²) in [5.41, 5.74) is 7.94. The Morgan fingerprint density at radius 2 is 1.93 bits per heavy atom. The fourth-order valence-corrected chi connectivity index (χ4v) is 3.66. The Bertz CT molecular complexity index is 919. The molecule has 0 saturated carbocycles. The van der Waals surface area contributed by atoms with Gasteiger partial charge in [-0.05, 0) is 45.9 Å². The SMILES string of the molecule is COc1c(CN2CCN(C(=O)OC(C)(C)C)CC2)c([C@H](C)N)nc2ccc(F)cc12. The third-order valence-corrected chi connectivity index (χ3v) is 5.07. The number of nitrogens with two attached hydrogens (primary N) is 1. The second-order valence-electron chi connectivity index (χ2n) is 8.70. The Balaban J connectivity index is 1.82. The Morgan fingerprint density at radius 3 is 2.50 bits per heavy atom. The third kappa shape index (κ3) is 4.99. The van der Waals surface area contributed by atoms with E-state index in [0.29, 0.717) is 49.4 Å². The number of piperazine rings is 1. The van der Waals surface area contributed by atoms with Crippen LogP contribution in [0.15, 0.2) is 18.2 Å². The van der Waals surface area contributed by atoms with E-state index in [0.717, 1.165) is 11.3 Å². The average molecular weight is 419 g/mol. The minimum atomic E-state index is -0.514. The lowest BCUT2D eigenvalue weighted by Crippen LogP contribution is -2.49. The highest BCUT2D eigenvalue weighted by molar-refractivity contribution is 5.87. The molecule has 1 atom stereocenters. The van der Waals surface area contributed by atoms with E-state index >= 15 is 0 Å². The van der Waals surface area contributed by atoms with Gasteiger partial charge in [-0.25, -0.2) is 9.18 Å². The van der Waals surface area contributed by atoms with Gasteiger partial charge in [0.05, 0.1) is 18.3 Å². The molecule has 1 fully saturated rings. The van der Waals surface area contributed by atoms with E-state index in [2.05, 4.69) is 4.90 Å². The molecular weight excluding hydrogens is 387 g/mol. The number of aromatic nitrogens is 1. The number of rotatable bonds is 4. The second-order valence-corrected chi connectivity index (χ2v) is 8.70. The molecule has 2 aromatic rings. The molecule has 0 spiro atoms. The zero-order valence-electron chi connectivity index (χ0n) is 18.4. The highest BCUT2D eigenvalue weighted by Crippen LogP contribution is 2.34. The Labute approximate surface area is 176 Å². The number of nitrogens with zero attached hydrogens (tertiary/aromatic N) is 3. The maximum atomic E-state index is 13.9. The van der Waals surface area contributed by atoms with E-state index in [1.54, 1.807) is 18.1 Å². The first-order valence-corrected chi connectivity index (χ1v) is 10.2. The highest BCUT2D eigenvalue weighted by atomic mass is 19.1. The van der Waals surface area contributed by atoms with E-state index in [9.17, 15) is 9.18 Å². The van der Waals surface area contributed by atoms with Gasteiger partial charge in [0.15, 0.2) is 0 Å². The van der Waals surface area contributed by atoms with Crippen molar-refractivity contribution in [3.05, 3.63) is 35.3 Å². The topological polar surface area (TPSA) is 80.9 Å². The van der Waals surface area contributed by atoms with E-state index in [4.69, 9.17) is 20.2 Å². The van der Waals surface area contributed by atoms with Gasteiger partial charge in [-0.3, -0.25) is 9.88 Å². The third-order valence-electron chi connectivity index (χ3n) is 5.07. The summed E-state index contributed by atoms with van der Waals surface area (Å²) in [6, 6.07) is 4.17. The Hall–Kier alpha value is -2.45. The van der Waals surface area contributed by atoms with Crippen LogP contribution in [0.4, 0.5) is 9.18 Å². The normalized spacial score (nSPS) is 16.6. The van der Waals surface area contributed by atoms with E-state index in [1.807, 2.05) is 27.7 Å². The van der Waals surface area contributed by atoms with Crippen LogP contribution in [0.1, 0.15) is 45.0 Å². The van der Waals surface area contributed by atoms with Gasteiger partial charge in [-0.15, -0.1) is 0 Å². The number of hydrogen-bond acceptors (Lipinski definition) is 6. The van der Waals surface area contributed by atoms with E-state index < -0.39 is 5.60 Å². The Morgan fingerprint density at radius 1 is 1.27 bits per heavy atom. The summed E-state index contributed by atoms with van der Waals surface area (Å²) in [6.07, 6.45) is -0.293. The van der Waals surface area contributed by atoms with Gasteiger partial charge in [0.2, 0.25) is 0 Å². The van der Waals surface area contributed by atoms with Crippen LogP contribution in [-0.2, 0) is 11.3 Å². The van der Waals surface area contributed by atoms with Crippen LogP contribution in [0.3, 0.4) is 0 Å². The largest absolute Gasteiger partial charge is 0.496 e. The molecule has 1 aromatic carbocycles. The van der Waals surface area contributed by atoms with Crippen LogP contribution < -0.4 is 10.5 Å². The molecule has 1 amide bonds. The number of halogens is 1. The molecule has 7 nitrogen and oxygen atoms in total. The number of methoxy groups -OCH3 is 1. The summed E-state index contributed by atoms with van der Waals surface area (Å²) in [6.45, 7) is 10.5. The summed E-state index contributed by atoms with van der Waals surface area (Å²) in [4.78, 5) is 20.9. The monoisotopic (exact) mass is 418 g/mol. The number of carbonyl (C=O) groups excluding carboxylic acids is 1. The molecule has 1 saturated heterocycles. The summed E-state index contributed by atoms with van der Waals surface area (Å²) in [5.74, 6) is 0.259. The zero-order valence-corrected chi connectivity index (χ0v) is 18.4. The van der Waals surface area contributed by atoms with Gasteiger partial charge in [-0.1, -0.05) is 0 Å². The molecule has 8 heteroatoms. The van der Waals surface area contributed by atoms with Crippen LogP contribution in [0.5, 0.6) is 5.75 Å². The summed E-state index contributed by atoms with van der Waals surface area (Å²) in [7, 11) is 1.58. The minimum Gasteiger partial charge on any atom is -0.496 e. The first kappa shape index (κ1) is 22.2. The van der Waals surface area contributed by atoms with Crippen LogP contribution in [0.25, 0.3) is 10.9 Å². The van der Waals surface area contributed by atoms with Crippen LogP contribution >= 0.6 is 0 Å². The first-order valence-electron chi connectivity index (χ1n) is 10.2. The Kier molecular flexibility index (Phi) is 6.47. The molecule has 1 aliphatic heterocycles. The summed E-state index contributed by atoms with van der Waals surface area (Å²) >= 11 is 0. The van der Waals surface area contributed by atoms with Gasteiger partial charge < -0.3 is 20.1 Å². The number of carbonyl (C=O) groups is 1. The lowest BCUT2D eigenvalue weighted by molar-refractivity contribution is 0.0138. The zero-order chi connectivity index (χ0) is 22.1. The molecule has 0 aliphatic carbocycles. The molecule has 0 radical (unpaired) electrons. The van der Waals surface area contributed by atoms with Crippen LogP contribution in [0.2, 0.25) is 0 Å². The van der Waals surface area contributed by atoms with Crippen molar-refractivity contribution in [1.29, 1.82) is 0 Å². The smallest absolute Gasteiger partial charge is 0.410 e. The lowest BCUT2D eigenvalue weighted by atomic mass is 10.0. The molecular formula is C22H31FN4O3. The van der Waals surface area contributed by atoms with Crippen molar-refractivity contribution in [2.24, 2.45) is 5.73 Å². The lowest BCUT2D eigenvalue weighted by Gasteiger charge is -2.36. The quantitative estimate of drug-likeness (QED) is 0.819. The molecule has 2 heterocycles. The fourth-order valence-electron chi connectivity index (χ4n) is 3.66. The van der Waals surface area contributed by atoms with Crippen molar-refractivity contribution in [1.82, 2.24) is 14.8 Å². The van der Waals surface area contributed by atoms with E-state index in [-0.39, 0.29) is 18.0 Å². The van der Waals surface area contributed by atoms with Crippen molar-refractivity contribution in [3.63, 3.8) is 0 Å². The predicted molar refractivity (Wildman–Crippen MR) is 114 cm³/mol. The van der Waals surface area contributed by atoms with Gasteiger partial charge in [-0.2, -0.15) is 0 Å². The molecule has 3 rings (SSSR count). The maximum Gasteiger partial charge on any atom is 0.410 e. The maximum absolute atomic E-state index is 13.9. The van der Waals surface area contributed by atoms with E-state index in [1.165, 1.54) is 12.1 Å². The van der Waals surface area contributed by atoms with Crippen molar-refractivity contribution in [3.8, 4) is 5.75 Å². The fraction of sp³-hybridized carbons (Fsp3) is 0.545. The summed E-state index contributed by atoms with van der Waals surface area (Å²) < 4.78 is 25.0. The molecule has 164 valence electrons. The number of benzene rings is 1. The molecule has 1 aliphatic rings. The standard InChI is InChI=1S/C22H31FN4O3/c1-14(24)19-17(20(29-5)16-12-15(23)6-7-18(16)25-19)13-26-8-10-27(11-9-26)21(28)30-22(2,3)4/h6-7,12,14H,8-11,13,24H2,1-5H3/t14-/m0/s1. The first-order chi connectivity index (χ1) is 14.1. The molecule has 30 heavy (non-hydrogen) atoms. The predicted octanol–water partition coefficient (Wildman–Crippen LogP) is 3.45. The molecule has 1 aromatic heterocycles. The molecule has 2 N–H and O–H groups in total. The number of fused-ring (bicyclic) bond motifs is 1. The van der Waals surface area contributed by atoms with Crippen molar-refractivity contribution < 1.29 is 18.7 Å². The van der Waals surface area contributed by atoms with Crippen LogP contribution in [-0.4, -0.2) is 59.8 Å². The van der Waals surface area contributed by atoms with Crippen LogP contribution in [0, 0.1) is 5.82 Å². The number of amides is 1. The number of hydrogen-bond donors (Lipinski definition) is 1. The summed E-state index contributed by atoms with van der Waals surface area (Å²) in [5, 5.41) is 0.629. The van der Waals surface area contributed by atoms with Crippen molar-refractivity contribution in [2.75, 3.05) is 33.3 Å². The van der Waals surface area contributed by atoms with Gasteiger partial charge in [0, 0.05) is 49.7 Å². The van der Waals surface area contributed by atoms with Gasteiger partial charge in [0.1, 0.15) is 17.2 Å². The average Bonchev–Trinajstić information content (AvgIpc) is 2.66. The molecule has 0 bridgehead atoms.